The summed E-state index contributed by atoms with van der Waals surface area (Å²) in [6.07, 6.45) is 1.86. The lowest BCUT2D eigenvalue weighted by Crippen LogP contribution is -2.37. The monoisotopic (exact) mass is 354 g/mol. The fourth-order valence-corrected chi connectivity index (χ4v) is 4.04. The van der Waals surface area contributed by atoms with Crippen molar-refractivity contribution >= 4 is 23.4 Å². The molecule has 0 radical (unpaired) electrons. The van der Waals surface area contributed by atoms with Gasteiger partial charge in [-0.05, 0) is 49.4 Å². The van der Waals surface area contributed by atoms with Crippen molar-refractivity contribution < 1.29 is 4.79 Å². The third-order valence-corrected chi connectivity index (χ3v) is 5.61. The molecule has 25 heavy (non-hydrogen) atoms. The van der Waals surface area contributed by atoms with Gasteiger partial charge in [0, 0.05) is 17.4 Å². The fraction of sp³-hybridized carbons (Fsp3) is 0.381. The number of hydrogen-bond acceptors (Lipinski definition) is 3. The molecule has 1 heterocycles. The Labute approximate surface area is 154 Å². The molecule has 0 atom stereocenters. The number of para-hydroxylation sites is 1. The summed E-state index contributed by atoms with van der Waals surface area (Å²) in [6, 6.07) is 18.6. The maximum atomic E-state index is 12.7. The van der Waals surface area contributed by atoms with Crippen molar-refractivity contribution in [1.29, 1.82) is 0 Å². The Bertz CT molecular complexity index is 681. The third-order valence-electron chi connectivity index (χ3n) is 4.65. The second kappa shape index (κ2) is 9.07. The van der Waals surface area contributed by atoms with Crippen LogP contribution in [0.1, 0.15) is 25.3 Å². The minimum atomic E-state index is 0.117. The SMILES string of the molecule is CCSc1ccccc1NC(=O)C1CCN(Cc2ccccc2)CC1. The predicted octanol–water partition coefficient (Wildman–Crippen LogP) is 4.65. The Morgan fingerprint density at radius 2 is 1.76 bits per heavy atom. The first-order valence-electron chi connectivity index (χ1n) is 9.05. The largest absolute Gasteiger partial charge is 0.325 e. The van der Waals surface area contributed by atoms with Gasteiger partial charge < -0.3 is 5.32 Å². The standard InChI is InChI=1S/C21H26N2OS/c1-2-25-20-11-7-6-10-19(20)22-21(24)18-12-14-23(15-13-18)16-17-8-4-3-5-9-17/h3-11,18H,2,12-16H2,1H3,(H,22,24). The number of likely N-dealkylation sites (tertiary alicyclic amines) is 1. The van der Waals surface area contributed by atoms with Crippen molar-refractivity contribution in [1.82, 2.24) is 4.90 Å². The van der Waals surface area contributed by atoms with Gasteiger partial charge in [-0.25, -0.2) is 0 Å². The number of benzene rings is 2. The lowest BCUT2D eigenvalue weighted by atomic mass is 9.95. The first-order valence-corrected chi connectivity index (χ1v) is 10.0. The average molecular weight is 355 g/mol. The summed E-state index contributed by atoms with van der Waals surface area (Å²) in [5, 5.41) is 3.15. The van der Waals surface area contributed by atoms with E-state index in [2.05, 4.69) is 53.5 Å². The molecule has 132 valence electrons. The summed E-state index contributed by atoms with van der Waals surface area (Å²) >= 11 is 1.77. The van der Waals surface area contributed by atoms with Crippen LogP contribution in [0.15, 0.2) is 59.5 Å². The van der Waals surface area contributed by atoms with Crippen molar-refractivity contribution in [2.75, 3.05) is 24.2 Å². The number of anilines is 1. The molecule has 0 saturated carbocycles. The number of hydrogen-bond donors (Lipinski definition) is 1. The Morgan fingerprint density at radius 3 is 2.48 bits per heavy atom. The summed E-state index contributed by atoms with van der Waals surface area (Å²) in [5.41, 5.74) is 2.29. The maximum absolute atomic E-state index is 12.7. The van der Waals surface area contributed by atoms with Crippen molar-refractivity contribution in [2.24, 2.45) is 5.92 Å². The molecule has 0 aliphatic carbocycles. The van der Waals surface area contributed by atoms with Crippen LogP contribution in [0.3, 0.4) is 0 Å². The van der Waals surface area contributed by atoms with Gasteiger partial charge in [0.15, 0.2) is 0 Å². The van der Waals surface area contributed by atoms with E-state index in [0.29, 0.717) is 0 Å². The van der Waals surface area contributed by atoms with Gasteiger partial charge >= 0.3 is 0 Å². The van der Waals surface area contributed by atoms with Gasteiger partial charge in [-0.2, -0.15) is 0 Å². The van der Waals surface area contributed by atoms with E-state index in [1.165, 1.54) is 5.56 Å². The quantitative estimate of drug-likeness (QED) is 0.767. The summed E-state index contributed by atoms with van der Waals surface area (Å²) in [7, 11) is 0. The fourth-order valence-electron chi connectivity index (χ4n) is 3.28. The molecule has 1 aliphatic rings. The van der Waals surface area contributed by atoms with Gasteiger partial charge in [-0.3, -0.25) is 9.69 Å². The van der Waals surface area contributed by atoms with Crippen LogP contribution in [-0.4, -0.2) is 29.6 Å². The van der Waals surface area contributed by atoms with E-state index in [0.717, 1.165) is 48.8 Å². The molecule has 0 unspecified atom stereocenters. The van der Waals surface area contributed by atoms with Crippen LogP contribution in [0.5, 0.6) is 0 Å². The van der Waals surface area contributed by atoms with Gasteiger partial charge in [0.2, 0.25) is 5.91 Å². The van der Waals surface area contributed by atoms with Crippen LogP contribution in [0.25, 0.3) is 0 Å². The van der Waals surface area contributed by atoms with Gasteiger partial charge in [-0.1, -0.05) is 49.4 Å². The van der Waals surface area contributed by atoms with E-state index in [1.807, 2.05) is 18.2 Å². The minimum absolute atomic E-state index is 0.117. The van der Waals surface area contributed by atoms with Gasteiger partial charge in [0.1, 0.15) is 0 Å². The zero-order chi connectivity index (χ0) is 17.5. The van der Waals surface area contributed by atoms with Crippen molar-refractivity contribution in [3.63, 3.8) is 0 Å². The van der Waals surface area contributed by atoms with Crippen LogP contribution in [0.4, 0.5) is 5.69 Å². The number of rotatable bonds is 6. The van der Waals surface area contributed by atoms with Crippen molar-refractivity contribution in [2.45, 2.75) is 31.2 Å². The highest BCUT2D eigenvalue weighted by Gasteiger charge is 2.25. The minimum Gasteiger partial charge on any atom is -0.325 e. The zero-order valence-corrected chi connectivity index (χ0v) is 15.6. The van der Waals surface area contributed by atoms with E-state index in [4.69, 9.17) is 0 Å². The van der Waals surface area contributed by atoms with Gasteiger partial charge in [0.05, 0.1) is 5.69 Å². The lowest BCUT2D eigenvalue weighted by Gasteiger charge is -2.31. The lowest BCUT2D eigenvalue weighted by molar-refractivity contribution is -0.121. The summed E-state index contributed by atoms with van der Waals surface area (Å²) in [4.78, 5) is 16.2. The molecule has 1 saturated heterocycles. The molecule has 0 bridgehead atoms. The second-order valence-corrected chi connectivity index (χ2v) is 7.76. The molecule has 1 amide bonds. The number of nitrogens with zero attached hydrogens (tertiary/aromatic N) is 1. The molecule has 1 aliphatic heterocycles. The van der Waals surface area contributed by atoms with E-state index in [1.54, 1.807) is 11.8 Å². The molecule has 2 aromatic rings. The molecule has 3 nitrogen and oxygen atoms in total. The summed E-state index contributed by atoms with van der Waals surface area (Å²) in [5.74, 6) is 1.29. The van der Waals surface area contributed by atoms with Gasteiger partial charge in [-0.15, -0.1) is 11.8 Å². The Hall–Kier alpha value is -1.78. The highest BCUT2D eigenvalue weighted by Crippen LogP contribution is 2.28. The molecule has 3 rings (SSSR count). The van der Waals surface area contributed by atoms with Crippen LogP contribution >= 0.6 is 11.8 Å². The van der Waals surface area contributed by atoms with Crippen molar-refractivity contribution in [3.8, 4) is 0 Å². The van der Waals surface area contributed by atoms with Crippen molar-refractivity contribution in [3.05, 3.63) is 60.2 Å². The molecule has 1 fully saturated rings. The first kappa shape index (κ1) is 18.0. The number of nitrogens with one attached hydrogen (secondary N) is 1. The second-order valence-electron chi connectivity index (χ2n) is 6.45. The molecular weight excluding hydrogens is 328 g/mol. The van der Waals surface area contributed by atoms with Crippen LogP contribution in [-0.2, 0) is 11.3 Å². The predicted molar refractivity (Wildman–Crippen MR) is 106 cm³/mol. The van der Waals surface area contributed by atoms with E-state index in [-0.39, 0.29) is 11.8 Å². The number of carbonyl (C=O) groups is 1. The van der Waals surface area contributed by atoms with Gasteiger partial charge in [0.25, 0.3) is 0 Å². The average Bonchev–Trinajstić information content (AvgIpc) is 2.65. The molecule has 4 heteroatoms. The molecule has 0 spiro atoms. The third kappa shape index (κ3) is 5.10. The number of amides is 1. The van der Waals surface area contributed by atoms with Crippen LogP contribution in [0.2, 0.25) is 0 Å². The Kier molecular flexibility index (Phi) is 6.54. The number of carbonyl (C=O) groups excluding carboxylic acids is 1. The summed E-state index contributed by atoms with van der Waals surface area (Å²) < 4.78 is 0. The topological polar surface area (TPSA) is 32.3 Å². The normalized spacial score (nSPS) is 15.9. The molecule has 2 aromatic carbocycles. The zero-order valence-electron chi connectivity index (χ0n) is 14.8. The first-order chi connectivity index (χ1) is 12.3. The Balaban J connectivity index is 1.52. The van der Waals surface area contributed by atoms with E-state index in [9.17, 15) is 4.79 Å². The smallest absolute Gasteiger partial charge is 0.227 e. The molecular formula is C21H26N2OS. The van der Waals surface area contributed by atoms with E-state index < -0.39 is 0 Å². The highest BCUT2D eigenvalue weighted by molar-refractivity contribution is 7.99. The number of piperidine rings is 1. The van der Waals surface area contributed by atoms with Crippen LogP contribution < -0.4 is 5.32 Å². The maximum Gasteiger partial charge on any atom is 0.227 e. The molecule has 1 N–H and O–H groups in total. The Morgan fingerprint density at radius 1 is 1.08 bits per heavy atom. The van der Waals surface area contributed by atoms with E-state index >= 15 is 0 Å². The highest BCUT2D eigenvalue weighted by atomic mass is 32.2. The number of thioether (sulfide) groups is 1. The summed E-state index contributed by atoms with van der Waals surface area (Å²) in [6.45, 7) is 5.08. The van der Waals surface area contributed by atoms with Crippen LogP contribution in [0, 0.1) is 5.92 Å². The molecule has 0 aromatic heterocycles.